The molecule has 0 atom stereocenters. The Morgan fingerprint density at radius 3 is 2.90 bits per heavy atom. The molecule has 0 unspecified atom stereocenters. The molecule has 0 aliphatic carbocycles. The molecule has 56 valence electrons. The standard InChI is InChI=1S/C6H11N3O/c1-2-9-6(10)5-8-4-3-7/h8H,2,4-5H2,1H3,(H,9,10). The Balaban J connectivity index is 3.15. The van der Waals surface area contributed by atoms with Gasteiger partial charge in [-0.05, 0) is 6.92 Å². The Labute approximate surface area is 60.2 Å². The number of nitriles is 1. The molecule has 0 aromatic carbocycles. The molecule has 10 heavy (non-hydrogen) atoms. The van der Waals surface area contributed by atoms with Crippen molar-refractivity contribution in [2.75, 3.05) is 19.6 Å². The van der Waals surface area contributed by atoms with Crippen LogP contribution in [0.2, 0.25) is 0 Å². The molecule has 4 nitrogen and oxygen atoms in total. The van der Waals surface area contributed by atoms with Crippen molar-refractivity contribution in [2.24, 2.45) is 0 Å². The molecule has 0 aromatic heterocycles. The minimum atomic E-state index is -0.0715. The fraction of sp³-hybridized carbons (Fsp3) is 0.667. The summed E-state index contributed by atoms with van der Waals surface area (Å²) in [6.45, 7) is 2.92. The maximum atomic E-state index is 10.6. The van der Waals surface area contributed by atoms with Crippen LogP contribution in [0.4, 0.5) is 0 Å². The molecule has 0 heterocycles. The Hall–Kier alpha value is -1.08. The molecule has 0 spiro atoms. The van der Waals surface area contributed by atoms with Crippen LogP contribution in [0.15, 0.2) is 0 Å². The van der Waals surface area contributed by atoms with E-state index in [2.05, 4.69) is 10.6 Å². The summed E-state index contributed by atoms with van der Waals surface area (Å²) in [7, 11) is 0. The van der Waals surface area contributed by atoms with Gasteiger partial charge in [-0.2, -0.15) is 5.26 Å². The summed E-state index contributed by atoms with van der Waals surface area (Å²) in [5.74, 6) is -0.0715. The number of rotatable bonds is 4. The summed E-state index contributed by atoms with van der Waals surface area (Å²) < 4.78 is 0. The molecule has 1 amide bonds. The minimum Gasteiger partial charge on any atom is -0.355 e. The first kappa shape index (κ1) is 8.92. The van der Waals surface area contributed by atoms with Crippen LogP contribution in [0, 0.1) is 11.3 Å². The molecular formula is C6H11N3O. The third kappa shape index (κ3) is 5.06. The van der Waals surface area contributed by atoms with Gasteiger partial charge in [0.2, 0.25) is 5.91 Å². The highest BCUT2D eigenvalue weighted by molar-refractivity contribution is 5.77. The first-order valence-electron chi connectivity index (χ1n) is 3.15. The highest BCUT2D eigenvalue weighted by Gasteiger charge is 1.94. The molecule has 4 heteroatoms. The minimum absolute atomic E-state index is 0.0715. The van der Waals surface area contributed by atoms with Crippen molar-refractivity contribution < 1.29 is 4.79 Å². The summed E-state index contributed by atoms with van der Waals surface area (Å²) in [4.78, 5) is 10.6. The number of nitrogens with one attached hydrogen (secondary N) is 2. The normalized spacial score (nSPS) is 8.40. The quantitative estimate of drug-likeness (QED) is 0.399. The second kappa shape index (κ2) is 6.05. The Kier molecular flexibility index (Phi) is 5.39. The Bertz CT molecular complexity index is 138. The van der Waals surface area contributed by atoms with Gasteiger partial charge in [0, 0.05) is 6.54 Å². The van der Waals surface area contributed by atoms with Crippen molar-refractivity contribution in [3.8, 4) is 6.07 Å². The predicted molar refractivity (Wildman–Crippen MR) is 37.2 cm³/mol. The van der Waals surface area contributed by atoms with Gasteiger partial charge >= 0.3 is 0 Å². The van der Waals surface area contributed by atoms with Crippen molar-refractivity contribution in [1.29, 1.82) is 5.26 Å². The largest absolute Gasteiger partial charge is 0.355 e. The number of hydrogen-bond acceptors (Lipinski definition) is 3. The van der Waals surface area contributed by atoms with Crippen LogP contribution in [0.3, 0.4) is 0 Å². The second-order valence-electron chi connectivity index (χ2n) is 1.72. The zero-order chi connectivity index (χ0) is 7.82. The lowest BCUT2D eigenvalue weighted by molar-refractivity contribution is -0.120. The van der Waals surface area contributed by atoms with Gasteiger partial charge in [-0.1, -0.05) is 0 Å². The van der Waals surface area contributed by atoms with E-state index in [-0.39, 0.29) is 19.0 Å². The van der Waals surface area contributed by atoms with E-state index in [1.165, 1.54) is 0 Å². The van der Waals surface area contributed by atoms with Gasteiger partial charge in [0.25, 0.3) is 0 Å². The van der Waals surface area contributed by atoms with Crippen molar-refractivity contribution in [3.05, 3.63) is 0 Å². The molecular weight excluding hydrogens is 130 g/mol. The molecule has 0 radical (unpaired) electrons. The molecule has 0 rings (SSSR count). The van der Waals surface area contributed by atoms with E-state index in [0.717, 1.165) is 0 Å². The number of amides is 1. The van der Waals surface area contributed by atoms with Gasteiger partial charge in [0.1, 0.15) is 0 Å². The van der Waals surface area contributed by atoms with Crippen LogP contribution in [0.1, 0.15) is 6.92 Å². The van der Waals surface area contributed by atoms with Crippen LogP contribution in [-0.4, -0.2) is 25.5 Å². The van der Waals surface area contributed by atoms with Crippen LogP contribution in [0.5, 0.6) is 0 Å². The maximum absolute atomic E-state index is 10.6. The molecule has 0 aliphatic heterocycles. The van der Waals surface area contributed by atoms with Crippen molar-refractivity contribution in [3.63, 3.8) is 0 Å². The van der Waals surface area contributed by atoms with Gasteiger partial charge in [-0.3, -0.25) is 10.1 Å². The number of carbonyl (C=O) groups is 1. The van der Waals surface area contributed by atoms with Gasteiger partial charge in [-0.15, -0.1) is 0 Å². The fourth-order valence-corrected chi connectivity index (χ4v) is 0.492. The number of hydrogen-bond donors (Lipinski definition) is 2. The zero-order valence-corrected chi connectivity index (χ0v) is 5.98. The highest BCUT2D eigenvalue weighted by Crippen LogP contribution is 1.62. The molecule has 0 saturated carbocycles. The van der Waals surface area contributed by atoms with Crippen molar-refractivity contribution in [1.82, 2.24) is 10.6 Å². The van der Waals surface area contributed by atoms with Gasteiger partial charge in [-0.25, -0.2) is 0 Å². The molecule has 0 saturated heterocycles. The van der Waals surface area contributed by atoms with Gasteiger partial charge < -0.3 is 5.32 Å². The SMILES string of the molecule is CCNC(=O)CNCC#N. The summed E-state index contributed by atoms with van der Waals surface area (Å²) in [6, 6.07) is 1.87. The average molecular weight is 141 g/mol. The van der Waals surface area contributed by atoms with Crippen molar-refractivity contribution >= 4 is 5.91 Å². The lowest BCUT2D eigenvalue weighted by atomic mass is 10.5. The molecule has 0 fully saturated rings. The topological polar surface area (TPSA) is 64.9 Å². The monoisotopic (exact) mass is 141 g/mol. The first-order chi connectivity index (χ1) is 4.81. The second-order valence-corrected chi connectivity index (χ2v) is 1.72. The van der Waals surface area contributed by atoms with Crippen molar-refractivity contribution in [2.45, 2.75) is 6.92 Å². The summed E-state index contributed by atoms with van der Waals surface area (Å²) in [5, 5.41) is 13.3. The lowest BCUT2D eigenvalue weighted by Gasteiger charge is -1.99. The van der Waals surface area contributed by atoms with E-state index in [0.29, 0.717) is 6.54 Å². The van der Waals surface area contributed by atoms with Crippen LogP contribution in [-0.2, 0) is 4.79 Å². The van der Waals surface area contributed by atoms with Gasteiger partial charge in [0.15, 0.2) is 0 Å². The smallest absolute Gasteiger partial charge is 0.233 e. The summed E-state index contributed by atoms with van der Waals surface area (Å²) in [5.41, 5.74) is 0. The van der Waals surface area contributed by atoms with Crippen LogP contribution >= 0.6 is 0 Å². The van der Waals surface area contributed by atoms with Crippen LogP contribution in [0.25, 0.3) is 0 Å². The van der Waals surface area contributed by atoms with E-state index in [9.17, 15) is 4.79 Å². The van der Waals surface area contributed by atoms with E-state index in [1.54, 1.807) is 0 Å². The summed E-state index contributed by atoms with van der Waals surface area (Å²) >= 11 is 0. The zero-order valence-electron chi connectivity index (χ0n) is 5.98. The van der Waals surface area contributed by atoms with Gasteiger partial charge in [0.05, 0.1) is 19.2 Å². The van der Waals surface area contributed by atoms with E-state index >= 15 is 0 Å². The molecule has 0 bridgehead atoms. The maximum Gasteiger partial charge on any atom is 0.233 e. The lowest BCUT2D eigenvalue weighted by Crippen LogP contribution is -2.33. The number of likely N-dealkylation sites (N-methyl/N-ethyl adjacent to an activating group) is 1. The summed E-state index contributed by atoms with van der Waals surface area (Å²) in [6.07, 6.45) is 0. The highest BCUT2D eigenvalue weighted by atomic mass is 16.1. The molecule has 0 aliphatic rings. The van der Waals surface area contributed by atoms with E-state index in [4.69, 9.17) is 5.26 Å². The van der Waals surface area contributed by atoms with Crippen LogP contribution < -0.4 is 10.6 Å². The number of nitrogens with zero attached hydrogens (tertiary/aromatic N) is 1. The third-order valence-electron chi connectivity index (χ3n) is 0.864. The third-order valence-corrected chi connectivity index (χ3v) is 0.864. The fourth-order valence-electron chi connectivity index (χ4n) is 0.492. The Morgan fingerprint density at radius 1 is 1.70 bits per heavy atom. The predicted octanol–water partition coefficient (Wildman–Crippen LogP) is -0.764. The molecule has 0 aromatic rings. The number of carbonyl (C=O) groups excluding carboxylic acids is 1. The first-order valence-corrected chi connectivity index (χ1v) is 3.15. The molecule has 2 N–H and O–H groups in total. The average Bonchev–Trinajstić information content (AvgIpc) is 1.89. The van der Waals surface area contributed by atoms with E-state index in [1.807, 2.05) is 13.0 Å². The Morgan fingerprint density at radius 2 is 2.40 bits per heavy atom. The van der Waals surface area contributed by atoms with E-state index < -0.39 is 0 Å².